The van der Waals surface area contributed by atoms with Gasteiger partial charge in [0.2, 0.25) is 5.88 Å². The highest BCUT2D eigenvalue weighted by Crippen LogP contribution is 2.13. The Morgan fingerprint density at radius 3 is 2.78 bits per heavy atom. The molecule has 0 aliphatic rings. The number of nitrogens with one attached hydrogen (secondary N) is 2. The van der Waals surface area contributed by atoms with Crippen molar-refractivity contribution in [3.05, 3.63) is 53.7 Å². The van der Waals surface area contributed by atoms with Gasteiger partial charge in [0, 0.05) is 31.0 Å². The summed E-state index contributed by atoms with van der Waals surface area (Å²) in [4.78, 5) is 24.7. The van der Waals surface area contributed by atoms with E-state index in [2.05, 4.69) is 30.7 Å². The summed E-state index contributed by atoms with van der Waals surface area (Å²) < 4.78 is 6.86. The maximum atomic E-state index is 12.2. The monoisotopic (exact) mass is 367 g/mol. The largest absolute Gasteiger partial charge is 0.480 e. The lowest BCUT2D eigenvalue weighted by atomic mass is 10.2. The predicted molar refractivity (Wildman–Crippen MR) is 100 cm³/mol. The van der Waals surface area contributed by atoms with Crippen LogP contribution in [0.25, 0.3) is 5.82 Å². The number of hydrogen-bond acceptors (Lipinski definition) is 7. The topological polar surface area (TPSA) is 107 Å². The van der Waals surface area contributed by atoms with Gasteiger partial charge in [-0.15, -0.1) is 0 Å². The summed E-state index contributed by atoms with van der Waals surface area (Å²) >= 11 is 0. The Bertz CT molecular complexity index is 939. The van der Waals surface area contributed by atoms with Gasteiger partial charge in [0.15, 0.2) is 5.82 Å². The maximum Gasteiger partial charge on any atom is 0.256 e. The Hall–Kier alpha value is -3.49. The number of amides is 1. The number of methoxy groups -OCH3 is 1. The predicted octanol–water partition coefficient (Wildman–Crippen LogP) is 1.52. The van der Waals surface area contributed by atoms with Gasteiger partial charge in [-0.2, -0.15) is 5.10 Å². The number of anilines is 1. The zero-order valence-electron chi connectivity index (χ0n) is 15.4. The first kappa shape index (κ1) is 18.3. The molecule has 9 heteroatoms. The molecule has 0 unspecified atom stereocenters. The molecule has 3 heterocycles. The Morgan fingerprint density at radius 2 is 2.04 bits per heavy atom. The standard InChI is InChI=1S/C18H21N7O2/c1-12-9-13(2)25(24-12)16-10-15(22-11-23-16)19-7-8-20-17(26)14-5-4-6-21-18(14)27-3/h4-6,9-11H,7-8H2,1-3H3,(H,20,26)(H,19,22,23). The van der Waals surface area contributed by atoms with Crippen LogP contribution >= 0.6 is 0 Å². The highest BCUT2D eigenvalue weighted by atomic mass is 16.5. The molecule has 0 spiro atoms. The third kappa shape index (κ3) is 4.38. The molecule has 140 valence electrons. The van der Waals surface area contributed by atoms with Crippen molar-refractivity contribution < 1.29 is 9.53 Å². The third-order valence-electron chi connectivity index (χ3n) is 3.81. The van der Waals surface area contributed by atoms with Crippen molar-refractivity contribution in [3.8, 4) is 11.7 Å². The molecule has 0 fully saturated rings. The minimum absolute atomic E-state index is 0.243. The number of aryl methyl sites for hydroxylation is 2. The molecule has 0 aliphatic carbocycles. The van der Waals surface area contributed by atoms with Crippen molar-refractivity contribution in [2.75, 3.05) is 25.5 Å². The van der Waals surface area contributed by atoms with E-state index < -0.39 is 0 Å². The summed E-state index contributed by atoms with van der Waals surface area (Å²) in [6, 6.07) is 7.15. The van der Waals surface area contributed by atoms with Crippen LogP contribution in [0.2, 0.25) is 0 Å². The van der Waals surface area contributed by atoms with Gasteiger partial charge < -0.3 is 15.4 Å². The molecule has 3 rings (SSSR count). The molecule has 0 atom stereocenters. The van der Waals surface area contributed by atoms with Crippen LogP contribution in [0.3, 0.4) is 0 Å². The van der Waals surface area contributed by atoms with Crippen molar-refractivity contribution >= 4 is 11.7 Å². The van der Waals surface area contributed by atoms with Gasteiger partial charge in [0.1, 0.15) is 17.7 Å². The van der Waals surface area contributed by atoms with E-state index >= 15 is 0 Å². The molecule has 3 aromatic heterocycles. The average molecular weight is 367 g/mol. The molecule has 27 heavy (non-hydrogen) atoms. The average Bonchev–Trinajstić information content (AvgIpc) is 3.03. The fourth-order valence-electron chi connectivity index (χ4n) is 2.61. The normalized spacial score (nSPS) is 10.5. The molecule has 0 aliphatic heterocycles. The second-order valence-corrected chi connectivity index (χ2v) is 5.84. The van der Waals surface area contributed by atoms with E-state index in [1.807, 2.05) is 26.0 Å². The quantitative estimate of drug-likeness (QED) is 0.610. The summed E-state index contributed by atoms with van der Waals surface area (Å²) in [7, 11) is 1.48. The summed E-state index contributed by atoms with van der Waals surface area (Å²) in [5.41, 5.74) is 2.32. The Balaban J connectivity index is 1.56. The molecular weight excluding hydrogens is 346 g/mol. The number of carbonyl (C=O) groups excluding carboxylic acids is 1. The van der Waals surface area contributed by atoms with Gasteiger partial charge in [-0.25, -0.2) is 19.6 Å². The first-order valence-electron chi connectivity index (χ1n) is 8.45. The van der Waals surface area contributed by atoms with Gasteiger partial charge in [-0.1, -0.05) is 0 Å². The van der Waals surface area contributed by atoms with Crippen molar-refractivity contribution in [3.63, 3.8) is 0 Å². The Labute approximate surface area is 156 Å². The van der Waals surface area contributed by atoms with Gasteiger partial charge in [0.05, 0.1) is 12.8 Å². The molecule has 1 amide bonds. The molecule has 0 bridgehead atoms. The van der Waals surface area contributed by atoms with E-state index in [0.29, 0.717) is 36.2 Å². The van der Waals surface area contributed by atoms with Crippen LogP contribution in [0.5, 0.6) is 5.88 Å². The van der Waals surface area contributed by atoms with E-state index in [4.69, 9.17) is 4.74 Å². The van der Waals surface area contributed by atoms with E-state index in [-0.39, 0.29) is 5.91 Å². The number of pyridine rings is 1. The summed E-state index contributed by atoms with van der Waals surface area (Å²) in [6.07, 6.45) is 3.06. The minimum Gasteiger partial charge on any atom is -0.480 e. The first-order chi connectivity index (χ1) is 13.1. The fraction of sp³-hybridized carbons (Fsp3) is 0.278. The molecular formula is C18H21N7O2. The van der Waals surface area contributed by atoms with E-state index in [0.717, 1.165) is 11.4 Å². The fourth-order valence-corrected chi connectivity index (χ4v) is 2.61. The van der Waals surface area contributed by atoms with Crippen LogP contribution in [0.15, 0.2) is 36.8 Å². The zero-order chi connectivity index (χ0) is 19.2. The van der Waals surface area contributed by atoms with E-state index in [1.54, 1.807) is 23.0 Å². The summed E-state index contributed by atoms with van der Waals surface area (Å²) in [5, 5.41) is 10.4. The maximum absolute atomic E-state index is 12.2. The number of hydrogen-bond donors (Lipinski definition) is 2. The third-order valence-corrected chi connectivity index (χ3v) is 3.81. The molecule has 0 aromatic carbocycles. The Morgan fingerprint density at radius 1 is 1.19 bits per heavy atom. The molecule has 3 aromatic rings. The second kappa shape index (κ2) is 8.26. The van der Waals surface area contributed by atoms with Crippen LogP contribution < -0.4 is 15.4 Å². The molecule has 0 saturated heterocycles. The van der Waals surface area contributed by atoms with Crippen molar-refractivity contribution in [1.29, 1.82) is 0 Å². The number of aromatic nitrogens is 5. The van der Waals surface area contributed by atoms with E-state index in [9.17, 15) is 4.79 Å². The number of ether oxygens (including phenoxy) is 1. The highest BCUT2D eigenvalue weighted by molar-refractivity contribution is 5.96. The molecule has 2 N–H and O–H groups in total. The van der Waals surface area contributed by atoms with Gasteiger partial charge in [-0.05, 0) is 32.0 Å². The smallest absolute Gasteiger partial charge is 0.256 e. The molecule has 9 nitrogen and oxygen atoms in total. The van der Waals surface area contributed by atoms with E-state index in [1.165, 1.54) is 13.4 Å². The van der Waals surface area contributed by atoms with Gasteiger partial charge in [0.25, 0.3) is 5.91 Å². The number of rotatable bonds is 7. The van der Waals surface area contributed by atoms with Crippen LogP contribution in [0.4, 0.5) is 5.82 Å². The minimum atomic E-state index is -0.243. The highest BCUT2D eigenvalue weighted by Gasteiger charge is 2.12. The van der Waals surface area contributed by atoms with Gasteiger partial charge in [-0.3, -0.25) is 4.79 Å². The van der Waals surface area contributed by atoms with Crippen LogP contribution in [0, 0.1) is 13.8 Å². The first-order valence-corrected chi connectivity index (χ1v) is 8.45. The Kier molecular flexibility index (Phi) is 5.60. The van der Waals surface area contributed by atoms with Crippen LogP contribution in [0.1, 0.15) is 21.7 Å². The summed E-state index contributed by atoms with van der Waals surface area (Å²) in [5.74, 6) is 1.39. The SMILES string of the molecule is COc1ncccc1C(=O)NCCNc1cc(-n2nc(C)cc2C)ncn1. The van der Waals surface area contributed by atoms with Crippen molar-refractivity contribution in [1.82, 2.24) is 30.0 Å². The lowest BCUT2D eigenvalue weighted by molar-refractivity contribution is 0.0951. The molecule has 0 saturated carbocycles. The van der Waals surface area contributed by atoms with Crippen molar-refractivity contribution in [2.24, 2.45) is 0 Å². The number of nitrogens with zero attached hydrogens (tertiary/aromatic N) is 5. The van der Waals surface area contributed by atoms with Crippen LogP contribution in [-0.2, 0) is 0 Å². The lowest BCUT2D eigenvalue weighted by Gasteiger charge is -2.10. The summed E-state index contributed by atoms with van der Waals surface area (Å²) in [6.45, 7) is 4.82. The zero-order valence-corrected chi connectivity index (χ0v) is 15.4. The lowest BCUT2D eigenvalue weighted by Crippen LogP contribution is -2.29. The van der Waals surface area contributed by atoms with Crippen molar-refractivity contribution in [2.45, 2.75) is 13.8 Å². The molecule has 0 radical (unpaired) electrons. The van der Waals surface area contributed by atoms with Crippen LogP contribution in [-0.4, -0.2) is 50.8 Å². The van der Waals surface area contributed by atoms with Gasteiger partial charge >= 0.3 is 0 Å². The second-order valence-electron chi connectivity index (χ2n) is 5.84. The number of carbonyl (C=O) groups is 1.